The van der Waals surface area contributed by atoms with Crippen LogP contribution in [0.5, 0.6) is 0 Å². The zero-order valence-electron chi connectivity index (χ0n) is 19.3. The topological polar surface area (TPSA) is 82.2 Å². The number of carbonyl (C=O) groups excluding carboxylic acids is 1. The molecule has 3 aromatic rings. The Bertz CT molecular complexity index is 1170. The molecule has 9 heteroatoms. The maximum Gasteiger partial charge on any atom is 0.247 e. The molecule has 7 nitrogen and oxygen atoms in total. The van der Waals surface area contributed by atoms with Gasteiger partial charge >= 0.3 is 0 Å². The van der Waals surface area contributed by atoms with Gasteiger partial charge in [-0.05, 0) is 67.3 Å². The van der Waals surface area contributed by atoms with E-state index in [0.29, 0.717) is 23.8 Å². The molecule has 182 valence electrons. The largest absolute Gasteiger partial charge is 0.338 e. The molecule has 1 aliphatic rings. The van der Waals surface area contributed by atoms with Gasteiger partial charge in [-0.2, -0.15) is 4.98 Å². The van der Waals surface area contributed by atoms with Crippen LogP contribution in [0.2, 0.25) is 0 Å². The van der Waals surface area contributed by atoms with Crippen molar-refractivity contribution < 1.29 is 13.6 Å². The molecule has 0 saturated carbocycles. The van der Waals surface area contributed by atoms with E-state index >= 15 is 0 Å². The molecule has 0 aliphatic carbocycles. The molecule has 4 rings (SSSR count). The number of alkyl halides is 1. The lowest BCUT2D eigenvalue weighted by Gasteiger charge is -2.14. The number of anilines is 5. The third-order valence-electron chi connectivity index (χ3n) is 5.83. The van der Waals surface area contributed by atoms with Gasteiger partial charge in [0, 0.05) is 30.2 Å². The number of likely N-dealkylation sites (tertiary alicyclic amines) is 1. The van der Waals surface area contributed by atoms with E-state index in [4.69, 9.17) is 0 Å². The molecule has 0 radical (unpaired) electrons. The van der Waals surface area contributed by atoms with Crippen molar-refractivity contribution in [2.24, 2.45) is 5.92 Å². The van der Waals surface area contributed by atoms with Crippen LogP contribution in [0.15, 0.2) is 67.4 Å². The summed E-state index contributed by atoms with van der Waals surface area (Å²) >= 11 is 0. The van der Waals surface area contributed by atoms with E-state index in [1.54, 1.807) is 24.3 Å². The van der Waals surface area contributed by atoms with Crippen LogP contribution >= 0.6 is 0 Å². The predicted molar refractivity (Wildman–Crippen MR) is 134 cm³/mol. The normalized spacial score (nSPS) is 15.5. The number of benzene rings is 2. The summed E-state index contributed by atoms with van der Waals surface area (Å²) < 4.78 is 26.9. The molecule has 0 unspecified atom stereocenters. The van der Waals surface area contributed by atoms with Crippen molar-refractivity contribution in [3.8, 4) is 0 Å². The molecule has 35 heavy (non-hydrogen) atoms. The summed E-state index contributed by atoms with van der Waals surface area (Å²) in [6.07, 6.45) is 4.31. The van der Waals surface area contributed by atoms with Crippen molar-refractivity contribution >= 4 is 34.7 Å². The van der Waals surface area contributed by atoms with Crippen LogP contribution in [0.4, 0.5) is 37.6 Å². The molecule has 1 aliphatic heterocycles. The molecule has 3 N–H and O–H groups in total. The predicted octanol–water partition coefficient (Wildman–Crippen LogP) is 5.06. The van der Waals surface area contributed by atoms with Gasteiger partial charge in [-0.15, -0.1) is 0 Å². The number of nitrogens with zero attached hydrogens (tertiary/aromatic N) is 3. The summed E-state index contributed by atoms with van der Waals surface area (Å²) in [4.78, 5) is 22.0. The lowest BCUT2D eigenvalue weighted by molar-refractivity contribution is -0.111. The summed E-state index contributed by atoms with van der Waals surface area (Å²) in [5.74, 6) is -0.154. The van der Waals surface area contributed by atoms with E-state index in [0.717, 1.165) is 37.8 Å². The van der Waals surface area contributed by atoms with Gasteiger partial charge in [0.1, 0.15) is 6.67 Å². The van der Waals surface area contributed by atoms with Crippen LogP contribution in [0.1, 0.15) is 12.0 Å². The average molecular weight is 479 g/mol. The van der Waals surface area contributed by atoms with Gasteiger partial charge in [-0.3, -0.25) is 4.79 Å². The lowest BCUT2D eigenvalue weighted by Crippen LogP contribution is -2.23. The Balaban J connectivity index is 1.38. The van der Waals surface area contributed by atoms with Gasteiger partial charge < -0.3 is 20.9 Å². The number of hydrogen-bond acceptors (Lipinski definition) is 6. The minimum absolute atomic E-state index is 0.00499. The quantitative estimate of drug-likeness (QED) is 0.354. The Labute approximate surface area is 203 Å². The minimum atomic E-state index is -0.607. The van der Waals surface area contributed by atoms with Crippen LogP contribution in [-0.4, -0.2) is 47.1 Å². The van der Waals surface area contributed by atoms with Gasteiger partial charge in [0.15, 0.2) is 11.6 Å². The molecule has 1 atom stereocenters. The Kier molecular flexibility index (Phi) is 7.99. The van der Waals surface area contributed by atoms with Crippen molar-refractivity contribution in [3.63, 3.8) is 0 Å². The Morgan fingerprint density at radius 3 is 2.71 bits per heavy atom. The molecule has 1 amide bonds. The first-order valence-electron chi connectivity index (χ1n) is 11.5. The summed E-state index contributed by atoms with van der Waals surface area (Å²) in [6.45, 7) is 5.54. The maximum atomic E-state index is 14.4. The molecule has 1 saturated heterocycles. The maximum absolute atomic E-state index is 14.4. The fraction of sp³-hybridized carbons (Fsp3) is 0.269. The van der Waals surface area contributed by atoms with Crippen molar-refractivity contribution in [2.45, 2.75) is 12.8 Å². The first kappa shape index (κ1) is 24.3. The van der Waals surface area contributed by atoms with Gasteiger partial charge in [0.2, 0.25) is 11.9 Å². The number of amides is 1. The van der Waals surface area contributed by atoms with Gasteiger partial charge in [-0.1, -0.05) is 24.8 Å². The van der Waals surface area contributed by atoms with Gasteiger partial charge in [0.05, 0.1) is 6.20 Å². The summed E-state index contributed by atoms with van der Waals surface area (Å²) in [5, 5.41) is 8.68. The number of aromatic nitrogens is 2. The van der Waals surface area contributed by atoms with E-state index in [9.17, 15) is 13.6 Å². The van der Waals surface area contributed by atoms with E-state index in [-0.39, 0.29) is 24.3 Å². The Morgan fingerprint density at radius 1 is 1.14 bits per heavy atom. The fourth-order valence-corrected chi connectivity index (χ4v) is 4.11. The highest BCUT2D eigenvalue weighted by Gasteiger charge is 2.22. The van der Waals surface area contributed by atoms with E-state index < -0.39 is 5.82 Å². The zero-order valence-corrected chi connectivity index (χ0v) is 19.3. The number of carbonyl (C=O) groups is 1. The van der Waals surface area contributed by atoms with E-state index in [2.05, 4.69) is 37.4 Å². The van der Waals surface area contributed by atoms with E-state index in [1.807, 2.05) is 24.3 Å². The van der Waals surface area contributed by atoms with Crippen LogP contribution in [-0.2, 0) is 11.2 Å². The highest BCUT2D eigenvalue weighted by molar-refractivity contribution is 5.99. The lowest BCUT2D eigenvalue weighted by atomic mass is 9.98. The number of halogens is 2. The van der Waals surface area contributed by atoms with Crippen molar-refractivity contribution in [1.29, 1.82) is 0 Å². The van der Waals surface area contributed by atoms with Gasteiger partial charge in [-0.25, -0.2) is 13.8 Å². The minimum Gasteiger partial charge on any atom is -0.338 e. The molecule has 1 fully saturated rings. The molecule has 0 spiro atoms. The van der Waals surface area contributed by atoms with Crippen LogP contribution in [0, 0.1) is 11.7 Å². The van der Waals surface area contributed by atoms with Crippen LogP contribution in [0.25, 0.3) is 0 Å². The Morgan fingerprint density at radius 2 is 1.94 bits per heavy atom. The Hall–Kier alpha value is -3.85. The number of nitrogens with one attached hydrogen (secondary N) is 3. The molecule has 2 aromatic carbocycles. The number of hydrogen-bond donors (Lipinski definition) is 3. The average Bonchev–Trinajstić information content (AvgIpc) is 3.29. The van der Waals surface area contributed by atoms with Crippen LogP contribution in [0.3, 0.4) is 0 Å². The first-order valence-corrected chi connectivity index (χ1v) is 11.5. The highest BCUT2D eigenvalue weighted by Crippen LogP contribution is 2.24. The SMILES string of the molecule is C=CC(=O)Nc1cccc(Nc2nc(Nc3ccc(C[C@H]4CCN(CCF)C4)cc3)ncc2F)c1. The second-order valence-electron chi connectivity index (χ2n) is 8.46. The third kappa shape index (κ3) is 6.83. The molecule has 2 heterocycles. The number of rotatable bonds is 10. The smallest absolute Gasteiger partial charge is 0.247 e. The summed E-state index contributed by atoms with van der Waals surface area (Å²) in [7, 11) is 0. The standard InChI is InChI=1S/C26H28F2N6O/c1-2-24(35)30-21-4-3-5-22(15-21)31-25-23(28)16-29-26(33-25)32-20-8-6-18(7-9-20)14-19-10-12-34(17-19)13-11-27/h2-9,15-16,19H,1,10-14,17H2,(H,30,35)(H2,29,31,32,33)/t19-/m1/s1. The molecule has 0 bridgehead atoms. The van der Waals surface area contributed by atoms with Crippen LogP contribution < -0.4 is 16.0 Å². The monoisotopic (exact) mass is 478 g/mol. The van der Waals surface area contributed by atoms with E-state index in [1.165, 1.54) is 11.6 Å². The molecular weight excluding hydrogens is 450 g/mol. The second-order valence-corrected chi connectivity index (χ2v) is 8.46. The molecular formula is C26H28F2N6O. The first-order chi connectivity index (χ1) is 17.0. The van der Waals surface area contributed by atoms with Crippen molar-refractivity contribution in [1.82, 2.24) is 14.9 Å². The fourth-order valence-electron chi connectivity index (χ4n) is 4.11. The molecule has 1 aromatic heterocycles. The van der Waals surface area contributed by atoms with Crippen molar-refractivity contribution in [2.75, 3.05) is 42.3 Å². The van der Waals surface area contributed by atoms with Gasteiger partial charge in [0.25, 0.3) is 0 Å². The summed E-state index contributed by atoms with van der Waals surface area (Å²) in [5.41, 5.74) is 3.09. The zero-order chi connectivity index (χ0) is 24.6. The third-order valence-corrected chi connectivity index (χ3v) is 5.83. The van der Waals surface area contributed by atoms with Crippen molar-refractivity contribution in [3.05, 3.63) is 78.8 Å². The summed E-state index contributed by atoms with van der Waals surface area (Å²) in [6, 6.07) is 14.8. The second kappa shape index (κ2) is 11.5. The highest BCUT2D eigenvalue weighted by atomic mass is 19.1.